The number of carbonyl (C=O) groups is 4. The SMILES string of the molecule is C=CCC1C=C(C)CC(C)CC(OC)C2OC(O)(C(=O)C(=O)N3CCCCC3C(=O)OC(C(C)=CC3(O[SiH](C)C)CCC(C(C)(C)C)C(OC)C3)C(C)C(O)CC1=O)C(C)CC2OC. The van der Waals surface area contributed by atoms with Gasteiger partial charge in [-0.05, 0) is 108 Å². The number of piperidine rings is 1. The van der Waals surface area contributed by atoms with Crippen LogP contribution in [0.1, 0.15) is 126 Å². The van der Waals surface area contributed by atoms with Crippen LogP contribution in [0.25, 0.3) is 0 Å². The van der Waals surface area contributed by atoms with Crippen LogP contribution < -0.4 is 0 Å². The molecule has 13 nitrogen and oxygen atoms in total. The second-order valence-electron chi connectivity index (χ2n) is 21.1. The number of esters is 1. The molecule has 0 radical (unpaired) electrons. The molecule has 64 heavy (non-hydrogen) atoms. The first-order chi connectivity index (χ1) is 29.9. The molecule has 3 aliphatic heterocycles. The van der Waals surface area contributed by atoms with E-state index in [9.17, 15) is 29.4 Å². The predicted molar refractivity (Wildman–Crippen MR) is 249 cm³/mol. The highest BCUT2D eigenvalue weighted by atomic mass is 28.3. The highest BCUT2D eigenvalue weighted by Gasteiger charge is 2.57. The smallest absolute Gasteiger partial charge is 0.329 e. The summed E-state index contributed by atoms with van der Waals surface area (Å²) < 4.78 is 37.6. The van der Waals surface area contributed by atoms with E-state index in [0.29, 0.717) is 50.5 Å². The van der Waals surface area contributed by atoms with Crippen LogP contribution >= 0.6 is 0 Å². The first-order valence-corrected chi connectivity index (χ1v) is 26.6. The van der Waals surface area contributed by atoms with Crippen molar-refractivity contribution in [2.24, 2.45) is 35.0 Å². The molecule has 14 unspecified atom stereocenters. The van der Waals surface area contributed by atoms with Crippen LogP contribution in [0.2, 0.25) is 13.1 Å². The lowest BCUT2D eigenvalue weighted by atomic mass is 9.66. The first-order valence-electron chi connectivity index (χ1n) is 23.9. The van der Waals surface area contributed by atoms with Crippen molar-refractivity contribution in [3.63, 3.8) is 0 Å². The second-order valence-corrected chi connectivity index (χ2v) is 23.4. The summed E-state index contributed by atoms with van der Waals surface area (Å²) in [6, 6.07) is -1.16. The molecule has 14 heteroatoms. The molecule has 4 rings (SSSR count). The molecule has 1 amide bonds. The Bertz CT molecular complexity index is 1690. The number of allylic oxidation sites excluding steroid dienone is 3. The maximum atomic E-state index is 14.7. The van der Waals surface area contributed by atoms with Crippen molar-refractivity contribution in [2.45, 2.75) is 193 Å². The number of ketones is 2. The van der Waals surface area contributed by atoms with Gasteiger partial charge in [0.15, 0.2) is 9.04 Å². The van der Waals surface area contributed by atoms with E-state index < -0.39 is 92.4 Å². The molecule has 2 N–H and O–H groups in total. The van der Waals surface area contributed by atoms with E-state index in [1.165, 1.54) is 19.1 Å². The maximum Gasteiger partial charge on any atom is 0.329 e. The summed E-state index contributed by atoms with van der Waals surface area (Å²) in [6.45, 7) is 24.2. The number of aliphatic hydroxyl groups excluding tert-OH is 1. The molecule has 1 saturated carbocycles. The monoisotopic (exact) mass is 918 g/mol. The number of hydrogen-bond acceptors (Lipinski definition) is 12. The zero-order valence-corrected chi connectivity index (χ0v) is 42.5. The van der Waals surface area contributed by atoms with Crippen LogP contribution in [-0.4, -0.2) is 130 Å². The lowest BCUT2D eigenvalue weighted by Gasteiger charge is -2.48. The number of methoxy groups -OCH3 is 3. The molecule has 4 aliphatic rings. The van der Waals surface area contributed by atoms with Crippen LogP contribution in [0.4, 0.5) is 0 Å². The summed E-state index contributed by atoms with van der Waals surface area (Å²) in [6.07, 6.45) is 6.22. The van der Waals surface area contributed by atoms with Crippen molar-refractivity contribution in [2.75, 3.05) is 27.9 Å². The van der Waals surface area contributed by atoms with Crippen molar-refractivity contribution in [1.82, 2.24) is 4.90 Å². The number of cyclic esters (lactones) is 1. The van der Waals surface area contributed by atoms with Crippen LogP contribution in [0, 0.1) is 35.0 Å². The van der Waals surface area contributed by atoms with Crippen molar-refractivity contribution in [1.29, 1.82) is 0 Å². The second kappa shape index (κ2) is 23.0. The van der Waals surface area contributed by atoms with E-state index in [2.05, 4.69) is 47.4 Å². The van der Waals surface area contributed by atoms with Crippen molar-refractivity contribution >= 4 is 32.5 Å². The highest BCUT2D eigenvalue weighted by molar-refractivity contribution is 6.48. The largest absolute Gasteiger partial charge is 0.456 e. The minimum Gasteiger partial charge on any atom is -0.456 e. The van der Waals surface area contributed by atoms with Gasteiger partial charge in [0.05, 0.1) is 30.0 Å². The molecule has 0 aromatic rings. The summed E-state index contributed by atoms with van der Waals surface area (Å²) in [5, 5.41) is 24.2. The van der Waals surface area contributed by atoms with Gasteiger partial charge in [-0.3, -0.25) is 14.4 Å². The fraction of sp³-hybridized carbons (Fsp3) is 0.800. The summed E-state index contributed by atoms with van der Waals surface area (Å²) >= 11 is 0. The quantitative estimate of drug-likeness (QED) is 0.105. The van der Waals surface area contributed by atoms with Gasteiger partial charge in [-0.25, -0.2) is 4.79 Å². The Labute approximate surface area is 385 Å². The number of Topliss-reactive ketones (excluding diaryl/α,β-unsaturated/α-hetero) is 2. The van der Waals surface area contributed by atoms with Crippen molar-refractivity contribution in [3.8, 4) is 0 Å². The van der Waals surface area contributed by atoms with E-state index in [1.807, 2.05) is 26.0 Å². The number of aliphatic hydroxyl groups is 2. The van der Waals surface area contributed by atoms with Gasteiger partial charge in [0, 0.05) is 58.5 Å². The minimum atomic E-state index is -2.52. The molecule has 0 aromatic carbocycles. The summed E-state index contributed by atoms with van der Waals surface area (Å²) in [5.41, 5.74) is 0.874. The van der Waals surface area contributed by atoms with Gasteiger partial charge in [-0.2, -0.15) is 0 Å². The van der Waals surface area contributed by atoms with E-state index in [-0.39, 0.29) is 54.9 Å². The average Bonchev–Trinajstić information content (AvgIpc) is 3.23. The number of amides is 1. The molecule has 2 saturated heterocycles. The highest BCUT2D eigenvalue weighted by Crippen LogP contribution is 2.46. The first kappa shape index (κ1) is 54.0. The standard InChI is InChI=1S/C50H83NO12Si/c1-15-18-35-24-30(2)23-31(3)25-40(58-10)44-41(59-11)26-33(5)50(57,62-44)45(54)46(55)51-22-17-16-19-37(51)47(56)61-43(34(6)38(52)27-39(35)53)32(4)28-49(63-64(13)14)21-20-36(48(7,8)9)42(29-49)60-12/h15,24,28,31,33-38,40-44,52,57,64H,1,16-23,25-27,29H2,2-14H3. The maximum absolute atomic E-state index is 14.7. The topological polar surface area (TPSA) is 167 Å². The third-order valence-corrected chi connectivity index (χ3v) is 15.5. The summed E-state index contributed by atoms with van der Waals surface area (Å²) in [5.74, 6) is -7.48. The van der Waals surface area contributed by atoms with Gasteiger partial charge in [-0.15, -0.1) is 6.58 Å². The van der Waals surface area contributed by atoms with Gasteiger partial charge in [0.25, 0.3) is 11.7 Å². The normalized spacial score (nSPS) is 38.5. The van der Waals surface area contributed by atoms with Crippen molar-refractivity contribution < 1.29 is 57.5 Å². The molecule has 2 bridgehead atoms. The lowest BCUT2D eigenvalue weighted by Crippen LogP contribution is -2.64. The number of ether oxygens (including phenoxy) is 5. The molecular weight excluding hydrogens is 835 g/mol. The molecule has 1 aliphatic carbocycles. The summed E-state index contributed by atoms with van der Waals surface area (Å²) in [7, 11) is 3.15. The Morgan fingerprint density at radius 1 is 0.984 bits per heavy atom. The van der Waals surface area contributed by atoms with E-state index in [0.717, 1.165) is 12.0 Å². The average molecular weight is 918 g/mol. The van der Waals surface area contributed by atoms with E-state index >= 15 is 0 Å². The van der Waals surface area contributed by atoms with E-state index in [1.54, 1.807) is 27.0 Å². The fourth-order valence-electron chi connectivity index (χ4n) is 11.1. The molecule has 3 fully saturated rings. The van der Waals surface area contributed by atoms with Crippen LogP contribution in [0.3, 0.4) is 0 Å². The molecule has 0 aromatic heterocycles. The third-order valence-electron chi connectivity index (χ3n) is 14.5. The Morgan fingerprint density at radius 2 is 1.62 bits per heavy atom. The van der Waals surface area contributed by atoms with E-state index in [4.69, 9.17) is 28.1 Å². The number of hydrogen-bond donors (Lipinski definition) is 2. The number of nitrogens with zero attached hydrogens (tertiary/aromatic N) is 1. The molecule has 364 valence electrons. The minimum absolute atomic E-state index is 0.00237. The van der Waals surface area contributed by atoms with Gasteiger partial charge in [-0.1, -0.05) is 65.3 Å². The Balaban J connectivity index is 1.85. The van der Waals surface area contributed by atoms with Crippen LogP contribution in [0.5, 0.6) is 0 Å². The van der Waals surface area contributed by atoms with Crippen molar-refractivity contribution in [3.05, 3.63) is 36.0 Å². The zero-order chi connectivity index (χ0) is 47.9. The molecule has 14 atom stereocenters. The lowest BCUT2D eigenvalue weighted by molar-refractivity contribution is -0.302. The Hall–Kier alpha value is -2.56. The Morgan fingerprint density at radius 3 is 2.22 bits per heavy atom. The zero-order valence-electron chi connectivity index (χ0n) is 41.4. The van der Waals surface area contributed by atoms with Gasteiger partial charge in [0.1, 0.15) is 24.0 Å². The summed E-state index contributed by atoms with van der Waals surface area (Å²) in [4.78, 5) is 58.9. The molecule has 3 heterocycles. The molecular formula is C50H83NO12Si. The number of carbonyl (C=O) groups excluding carboxylic acids is 4. The predicted octanol–water partition coefficient (Wildman–Crippen LogP) is 7.06. The third kappa shape index (κ3) is 12.9. The number of fused-ring (bicyclic) bond motifs is 3. The van der Waals surface area contributed by atoms with Crippen LogP contribution in [0.15, 0.2) is 36.0 Å². The number of rotatable bonds is 9. The van der Waals surface area contributed by atoms with Gasteiger partial charge in [0.2, 0.25) is 5.79 Å². The molecule has 0 spiro atoms. The van der Waals surface area contributed by atoms with Gasteiger partial charge < -0.3 is 43.2 Å². The fourth-order valence-corrected chi connectivity index (χ4v) is 12.3. The van der Waals surface area contributed by atoms with Crippen LogP contribution in [-0.2, 0) is 47.3 Å². The van der Waals surface area contributed by atoms with Gasteiger partial charge >= 0.3 is 5.97 Å². The Kier molecular flexibility index (Phi) is 19.4.